The molecule has 55 heavy (non-hydrogen) atoms. The Balaban J connectivity index is 1.61. The van der Waals surface area contributed by atoms with Gasteiger partial charge in [0.25, 0.3) is 0 Å². The molecule has 0 radical (unpaired) electrons. The lowest BCUT2D eigenvalue weighted by Crippen LogP contribution is -2.61. The molecule has 1 fully saturated rings. The molecule has 4 aromatic carbocycles. The summed E-state index contributed by atoms with van der Waals surface area (Å²) in [4.78, 5) is 53.5. The molecular weight excluding hydrogens is 744 g/mol. The summed E-state index contributed by atoms with van der Waals surface area (Å²) in [6.45, 7) is 0. The van der Waals surface area contributed by atoms with E-state index >= 15 is 0 Å². The van der Waals surface area contributed by atoms with Gasteiger partial charge in [0.2, 0.25) is 0 Å². The fourth-order valence-corrected chi connectivity index (χ4v) is 5.33. The highest BCUT2D eigenvalue weighted by molar-refractivity contribution is 5.94. The molecule has 290 valence electrons. The van der Waals surface area contributed by atoms with Crippen LogP contribution in [0.15, 0.2) is 48.5 Å². The second-order valence-corrected chi connectivity index (χ2v) is 11.8. The minimum absolute atomic E-state index is 0.601. The highest BCUT2D eigenvalue weighted by atomic mass is 16.6. The number of ether oxygens (including phenoxy) is 4. The van der Waals surface area contributed by atoms with Crippen molar-refractivity contribution in [3.05, 3.63) is 70.8 Å². The average Bonchev–Trinajstić information content (AvgIpc) is 3.12. The normalized spacial score (nSPS) is 19.2. The molecule has 0 heterocycles. The first-order valence-corrected chi connectivity index (χ1v) is 15.3. The first-order chi connectivity index (χ1) is 25.8. The maximum Gasteiger partial charge on any atom is 0.338 e. The van der Waals surface area contributed by atoms with Gasteiger partial charge in [0.1, 0.15) is 6.10 Å². The zero-order chi connectivity index (χ0) is 40.6. The predicted octanol–water partition coefficient (Wildman–Crippen LogP) is 1.12. The van der Waals surface area contributed by atoms with E-state index in [0.29, 0.717) is 48.5 Å². The Hall–Kier alpha value is -7.68. The topological polar surface area (TPSA) is 368 Å². The molecule has 0 saturated heterocycles. The van der Waals surface area contributed by atoms with Crippen molar-refractivity contribution in [3.8, 4) is 69.0 Å². The smallest absolute Gasteiger partial charge is 0.338 e. The number of phenols is 12. The van der Waals surface area contributed by atoms with Crippen LogP contribution < -0.4 is 0 Å². The molecule has 0 amide bonds. The van der Waals surface area contributed by atoms with E-state index in [1.807, 2.05) is 0 Å². The van der Waals surface area contributed by atoms with Crippen LogP contribution in [0.2, 0.25) is 0 Å². The fourth-order valence-electron chi connectivity index (χ4n) is 5.33. The van der Waals surface area contributed by atoms with Crippen molar-refractivity contribution >= 4 is 23.9 Å². The number of aliphatic hydroxyl groups excluding tert-OH is 1. The SMILES string of the molecule is O=C(O[C@@H]1[C@@H](OC(=O)c2cc(O)c(O)c(O)c2)[C@H](O)C[C@H](OC(=O)c2cc(O)c(O)c(O)c2)[C@@H]1OC(=O)c1cc(O)c(O)c(O)c1)c1cc(O)c(O)c(O)c1. The average molecular weight is 773 g/mol. The monoisotopic (exact) mass is 772 g/mol. The first kappa shape index (κ1) is 38.5. The molecule has 1 saturated carbocycles. The van der Waals surface area contributed by atoms with E-state index < -0.39 is 152 Å². The maximum atomic E-state index is 13.5. The van der Waals surface area contributed by atoms with Crippen LogP contribution in [0.4, 0.5) is 0 Å². The number of benzene rings is 4. The van der Waals surface area contributed by atoms with E-state index in [2.05, 4.69) is 0 Å². The lowest BCUT2D eigenvalue weighted by Gasteiger charge is -2.42. The predicted molar refractivity (Wildman–Crippen MR) is 173 cm³/mol. The summed E-state index contributed by atoms with van der Waals surface area (Å²) in [6.07, 6.45) is -11.5. The fraction of sp³-hybridized carbons (Fsp3) is 0.176. The van der Waals surface area contributed by atoms with Gasteiger partial charge in [-0.25, -0.2) is 19.2 Å². The summed E-state index contributed by atoms with van der Waals surface area (Å²) in [5.41, 5.74) is -2.71. The Morgan fingerprint density at radius 3 is 0.909 bits per heavy atom. The van der Waals surface area contributed by atoms with Crippen LogP contribution in [0, 0.1) is 0 Å². The highest BCUT2D eigenvalue weighted by Gasteiger charge is 2.53. The van der Waals surface area contributed by atoms with Gasteiger partial charge in [-0.1, -0.05) is 0 Å². The van der Waals surface area contributed by atoms with Crippen molar-refractivity contribution in [3.63, 3.8) is 0 Å². The largest absolute Gasteiger partial charge is 0.504 e. The minimum atomic E-state index is -2.31. The zero-order valence-electron chi connectivity index (χ0n) is 27.3. The quantitative estimate of drug-likeness (QED) is 0.0677. The molecule has 0 bridgehead atoms. The zero-order valence-corrected chi connectivity index (χ0v) is 27.3. The highest BCUT2D eigenvalue weighted by Crippen LogP contribution is 2.41. The Morgan fingerprint density at radius 1 is 0.382 bits per heavy atom. The van der Waals surface area contributed by atoms with Gasteiger partial charge < -0.3 is 85.3 Å². The summed E-state index contributed by atoms with van der Waals surface area (Å²) in [7, 11) is 0. The van der Waals surface area contributed by atoms with Gasteiger partial charge in [0, 0.05) is 6.42 Å². The number of aromatic hydroxyl groups is 12. The molecule has 5 atom stereocenters. The summed E-state index contributed by atoms with van der Waals surface area (Å²) in [5, 5.41) is 130. The lowest BCUT2D eigenvalue weighted by molar-refractivity contribution is -0.181. The molecule has 4 aromatic rings. The van der Waals surface area contributed by atoms with Crippen LogP contribution in [-0.2, 0) is 18.9 Å². The van der Waals surface area contributed by atoms with Crippen molar-refractivity contribution in [1.29, 1.82) is 0 Å². The third kappa shape index (κ3) is 7.75. The van der Waals surface area contributed by atoms with Gasteiger partial charge in [0.05, 0.1) is 28.4 Å². The van der Waals surface area contributed by atoms with Gasteiger partial charge in [0.15, 0.2) is 87.3 Å². The number of hydrogen-bond acceptors (Lipinski definition) is 21. The molecular formula is C34H28O21. The Bertz CT molecular complexity index is 2120. The number of rotatable bonds is 8. The van der Waals surface area contributed by atoms with Crippen molar-refractivity contribution in [1.82, 2.24) is 0 Å². The second kappa shape index (κ2) is 14.7. The number of aliphatic hydroxyl groups is 1. The van der Waals surface area contributed by atoms with Gasteiger partial charge in [-0.05, 0) is 48.5 Å². The van der Waals surface area contributed by atoms with Crippen molar-refractivity contribution < 1.29 is 105 Å². The number of esters is 4. The molecule has 21 nitrogen and oxygen atoms in total. The molecule has 0 aromatic heterocycles. The molecule has 0 unspecified atom stereocenters. The third-order valence-electron chi connectivity index (χ3n) is 8.08. The van der Waals surface area contributed by atoms with Crippen LogP contribution in [0.3, 0.4) is 0 Å². The van der Waals surface area contributed by atoms with Gasteiger partial charge in [-0.3, -0.25) is 0 Å². The minimum Gasteiger partial charge on any atom is -0.504 e. The van der Waals surface area contributed by atoms with Crippen molar-refractivity contribution in [2.24, 2.45) is 0 Å². The molecule has 0 aliphatic heterocycles. The summed E-state index contributed by atoms with van der Waals surface area (Å²) in [6, 6.07) is 4.98. The summed E-state index contributed by atoms with van der Waals surface area (Å²) >= 11 is 0. The van der Waals surface area contributed by atoms with E-state index in [1.54, 1.807) is 0 Å². The third-order valence-corrected chi connectivity index (χ3v) is 8.08. The van der Waals surface area contributed by atoms with Crippen LogP contribution in [-0.4, -0.2) is 121 Å². The Labute approximate surface area is 305 Å². The van der Waals surface area contributed by atoms with Crippen LogP contribution in [0.1, 0.15) is 47.9 Å². The summed E-state index contributed by atoms with van der Waals surface area (Å²) in [5.74, 6) is -18.2. The molecule has 1 aliphatic carbocycles. The molecule has 21 heteroatoms. The first-order valence-electron chi connectivity index (χ1n) is 15.3. The number of carbonyl (C=O) groups is 4. The Kier molecular flexibility index (Phi) is 10.3. The Morgan fingerprint density at radius 2 is 0.618 bits per heavy atom. The lowest BCUT2D eigenvalue weighted by atomic mass is 9.86. The molecule has 1 aliphatic rings. The van der Waals surface area contributed by atoms with Crippen molar-refractivity contribution in [2.45, 2.75) is 36.9 Å². The standard InChI is InChI=1S/C34H28O21/c35-14-1-10(2-15(36)24(14)44)31(48)52-23-9-22(43)28(53-32(49)11-3-16(37)25(45)17(38)4-11)30(55-34(51)13-7-20(41)27(47)21(42)8-13)29(23)54-33(50)12-5-18(39)26(46)19(40)6-12/h1-8,22-23,28-30,35-47H,9H2/t22-,23+,28+,29+,30-/m1/s1. The second-order valence-electron chi connectivity index (χ2n) is 11.8. The maximum absolute atomic E-state index is 13.5. The van der Waals surface area contributed by atoms with Crippen LogP contribution in [0.5, 0.6) is 69.0 Å². The molecule has 5 rings (SSSR count). The van der Waals surface area contributed by atoms with Gasteiger partial charge in [-0.15, -0.1) is 0 Å². The number of hydrogen-bond donors (Lipinski definition) is 13. The number of carbonyl (C=O) groups excluding carboxylic acids is 4. The van der Waals surface area contributed by atoms with Crippen molar-refractivity contribution in [2.75, 3.05) is 0 Å². The van der Waals surface area contributed by atoms with Crippen LogP contribution >= 0.6 is 0 Å². The van der Waals surface area contributed by atoms with E-state index in [4.69, 9.17) is 18.9 Å². The van der Waals surface area contributed by atoms with Gasteiger partial charge in [-0.2, -0.15) is 0 Å². The van der Waals surface area contributed by atoms with E-state index in [1.165, 1.54) is 0 Å². The van der Waals surface area contributed by atoms with Gasteiger partial charge >= 0.3 is 23.9 Å². The molecule has 13 N–H and O–H groups in total. The summed E-state index contributed by atoms with van der Waals surface area (Å²) < 4.78 is 21.7. The number of phenolic OH excluding ortho intramolecular Hbond substituents is 12. The van der Waals surface area contributed by atoms with Crippen LogP contribution in [0.25, 0.3) is 0 Å². The van der Waals surface area contributed by atoms with E-state index in [9.17, 15) is 85.6 Å². The van der Waals surface area contributed by atoms with E-state index in [0.717, 1.165) is 0 Å². The molecule has 0 spiro atoms. The van der Waals surface area contributed by atoms with E-state index in [-0.39, 0.29) is 0 Å².